The highest BCUT2D eigenvalue weighted by Gasteiger charge is 2.17. The van der Waals surface area contributed by atoms with Gasteiger partial charge in [0.25, 0.3) is 6.47 Å². The molecular formula is C7H14O3. The molecule has 10 heavy (non-hydrogen) atoms. The van der Waals surface area contributed by atoms with Crippen molar-refractivity contribution in [2.24, 2.45) is 0 Å². The second-order valence-electron chi connectivity index (χ2n) is 2.46. The summed E-state index contributed by atoms with van der Waals surface area (Å²) >= 11 is 0. The first-order valence-electron chi connectivity index (χ1n) is 3.38. The van der Waals surface area contributed by atoms with E-state index in [4.69, 9.17) is 4.74 Å². The molecule has 0 bridgehead atoms. The van der Waals surface area contributed by atoms with Crippen molar-refractivity contribution < 1.29 is 14.3 Å². The standard InChI is InChI=1S/C7H14O3/c1-4-5-9-7(2,3)10-6-8/h6H,4-5H2,1-3H3. The summed E-state index contributed by atoms with van der Waals surface area (Å²) in [6.45, 7) is 6.42. The predicted molar refractivity (Wildman–Crippen MR) is 37.5 cm³/mol. The third kappa shape index (κ3) is 4.32. The Morgan fingerprint density at radius 3 is 2.50 bits per heavy atom. The zero-order valence-corrected chi connectivity index (χ0v) is 6.72. The third-order valence-electron chi connectivity index (χ3n) is 0.986. The van der Waals surface area contributed by atoms with Crippen molar-refractivity contribution in [2.75, 3.05) is 6.61 Å². The highest BCUT2D eigenvalue weighted by Crippen LogP contribution is 2.09. The summed E-state index contributed by atoms with van der Waals surface area (Å²) in [4.78, 5) is 9.88. The average molecular weight is 146 g/mol. The normalized spacial score (nSPS) is 11.1. The number of carbonyl (C=O) groups is 1. The number of ether oxygens (including phenoxy) is 2. The monoisotopic (exact) mass is 146 g/mol. The molecule has 0 heterocycles. The van der Waals surface area contributed by atoms with Crippen LogP contribution in [0.15, 0.2) is 0 Å². The molecule has 0 amide bonds. The van der Waals surface area contributed by atoms with Gasteiger partial charge in [-0.05, 0) is 6.42 Å². The maximum absolute atomic E-state index is 9.88. The molecule has 0 fully saturated rings. The molecule has 0 aromatic rings. The van der Waals surface area contributed by atoms with Crippen LogP contribution >= 0.6 is 0 Å². The van der Waals surface area contributed by atoms with Gasteiger partial charge in [-0.15, -0.1) is 0 Å². The molecule has 0 saturated heterocycles. The molecule has 0 atom stereocenters. The smallest absolute Gasteiger partial charge is 0.295 e. The van der Waals surface area contributed by atoms with E-state index in [1.807, 2.05) is 6.92 Å². The Balaban J connectivity index is 3.51. The second-order valence-corrected chi connectivity index (χ2v) is 2.46. The molecule has 0 radical (unpaired) electrons. The van der Waals surface area contributed by atoms with E-state index in [1.54, 1.807) is 13.8 Å². The van der Waals surface area contributed by atoms with Crippen LogP contribution in [0.4, 0.5) is 0 Å². The van der Waals surface area contributed by atoms with Crippen molar-refractivity contribution in [3.8, 4) is 0 Å². The Hall–Kier alpha value is -0.570. The minimum Gasteiger partial charge on any atom is -0.436 e. The summed E-state index contributed by atoms with van der Waals surface area (Å²) in [6, 6.07) is 0. The van der Waals surface area contributed by atoms with Crippen LogP contribution in [-0.4, -0.2) is 18.9 Å². The largest absolute Gasteiger partial charge is 0.436 e. The van der Waals surface area contributed by atoms with Crippen LogP contribution in [0.1, 0.15) is 27.2 Å². The molecule has 0 unspecified atom stereocenters. The molecular weight excluding hydrogens is 132 g/mol. The molecule has 0 aliphatic carbocycles. The number of carbonyl (C=O) groups excluding carboxylic acids is 1. The first kappa shape index (κ1) is 9.43. The van der Waals surface area contributed by atoms with Crippen molar-refractivity contribution in [3.05, 3.63) is 0 Å². The van der Waals surface area contributed by atoms with Crippen molar-refractivity contribution in [1.82, 2.24) is 0 Å². The fourth-order valence-electron chi connectivity index (χ4n) is 0.498. The quantitative estimate of drug-likeness (QED) is 0.433. The molecule has 3 nitrogen and oxygen atoms in total. The first-order valence-corrected chi connectivity index (χ1v) is 3.38. The van der Waals surface area contributed by atoms with Gasteiger partial charge in [0.05, 0.1) is 6.61 Å². The van der Waals surface area contributed by atoms with Gasteiger partial charge in [-0.25, -0.2) is 0 Å². The second kappa shape index (κ2) is 4.28. The van der Waals surface area contributed by atoms with Crippen LogP contribution in [0.25, 0.3) is 0 Å². The zero-order valence-electron chi connectivity index (χ0n) is 6.72. The van der Waals surface area contributed by atoms with Gasteiger partial charge < -0.3 is 9.47 Å². The highest BCUT2D eigenvalue weighted by atomic mass is 16.7. The van der Waals surface area contributed by atoms with Gasteiger partial charge in [-0.2, -0.15) is 0 Å². The van der Waals surface area contributed by atoms with E-state index < -0.39 is 5.79 Å². The van der Waals surface area contributed by atoms with Crippen LogP contribution in [0.3, 0.4) is 0 Å². The molecule has 0 aromatic heterocycles. The SMILES string of the molecule is CCCOC(C)(C)OC=O. The zero-order chi connectivity index (χ0) is 8.04. The fourth-order valence-corrected chi connectivity index (χ4v) is 0.498. The van der Waals surface area contributed by atoms with Gasteiger partial charge in [0, 0.05) is 13.8 Å². The molecule has 3 heteroatoms. The van der Waals surface area contributed by atoms with Gasteiger partial charge in [0.1, 0.15) is 0 Å². The van der Waals surface area contributed by atoms with Crippen molar-refractivity contribution in [2.45, 2.75) is 33.0 Å². The molecule has 0 saturated carbocycles. The van der Waals surface area contributed by atoms with Crippen LogP contribution in [0.5, 0.6) is 0 Å². The van der Waals surface area contributed by atoms with E-state index in [2.05, 4.69) is 4.74 Å². The summed E-state index contributed by atoms with van der Waals surface area (Å²) in [5, 5.41) is 0. The van der Waals surface area contributed by atoms with Gasteiger partial charge in [-0.3, -0.25) is 4.79 Å². The minimum absolute atomic E-state index is 0.398. The number of hydrogen-bond donors (Lipinski definition) is 0. The maximum atomic E-state index is 9.88. The summed E-state index contributed by atoms with van der Waals surface area (Å²) in [6.07, 6.45) is 0.922. The minimum atomic E-state index is -0.766. The molecule has 0 rings (SSSR count). The van der Waals surface area contributed by atoms with Crippen LogP contribution in [-0.2, 0) is 14.3 Å². The van der Waals surface area contributed by atoms with Crippen LogP contribution < -0.4 is 0 Å². The fraction of sp³-hybridized carbons (Fsp3) is 0.857. The average Bonchev–Trinajstić information content (AvgIpc) is 1.84. The molecule has 0 spiro atoms. The highest BCUT2D eigenvalue weighted by molar-refractivity contribution is 5.37. The lowest BCUT2D eigenvalue weighted by Gasteiger charge is -2.22. The lowest BCUT2D eigenvalue weighted by atomic mass is 10.4. The predicted octanol–water partition coefficient (Wildman–Crippen LogP) is 1.32. The van der Waals surface area contributed by atoms with E-state index in [9.17, 15) is 4.79 Å². The summed E-state index contributed by atoms with van der Waals surface area (Å²) in [5.74, 6) is -0.766. The molecule has 0 aliphatic rings. The Bertz CT molecular complexity index is 99.0. The van der Waals surface area contributed by atoms with Crippen molar-refractivity contribution in [3.63, 3.8) is 0 Å². The van der Waals surface area contributed by atoms with Crippen LogP contribution in [0.2, 0.25) is 0 Å². The number of hydrogen-bond acceptors (Lipinski definition) is 3. The molecule has 0 aliphatic heterocycles. The van der Waals surface area contributed by atoms with E-state index in [0.717, 1.165) is 6.42 Å². The molecule has 60 valence electrons. The Labute approximate surface area is 61.3 Å². The Morgan fingerprint density at radius 2 is 2.10 bits per heavy atom. The van der Waals surface area contributed by atoms with Crippen LogP contribution in [0, 0.1) is 0 Å². The lowest BCUT2D eigenvalue weighted by Crippen LogP contribution is -2.28. The maximum Gasteiger partial charge on any atom is 0.295 e. The lowest BCUT2D eigenvalue weighted by molar-refractivity contribution is -0.203. The van der Waals surface area contributed by atoms with Gasteiger partial charge in [0.2, 0.25) is 5.79 Å². The van der Waals surface area contributed by atoms with Crippen molar-refractivity contribution in [1.29, 1.82) is 0 Å². The summed E-state index contributed by atoms with van der Waals surface area (Å²) in [5.41, 5.74) is 0. The van der Waals surface area contributed by atoms with Crippen molar-refractivity contribution >= 4 is 6.47 Å². The van der Waals surface area contributed by atoms with E-state index >= 15 is 0 Å². The van der Waals surface area contributed by atoms with E-state index in [1.165, 1.54) is 0 Å². The third-order valence-corrected chi connectivity index (χ3v) is 0.986. The Morgan fingerprint density at radius 1 is 1.50 bits per heavy atom. The van der Waals surface area contributed by atoms with Gasteiger partial charge >= 0.3 is 0 Å². The first-order chi connectivity index (χ1) is 4.62. The van der Waals surface area contributed by atoms with Gasteiger partial charge in [0.15, 0.2) is 0 Å². The molecule has 0 N–H and O–H groups in total. The molecule has 0 aromatic carbocycles. The number of rotatable bonds is 5. The topological polar surface area (TPSA) is 35.5 Å². The van der Waals surface area contributed by atoms with E-state index in [-0.39, 0.29) is 0 Å². The summed E-state index contributed by atoms with van der Waals surface area (Å²) < 4.78 is 9.79. The summed E-state index contributed by atoms with van der Waals surface area (Å²) in [7, 11) is 0. The van der Waals surface area contributed by atoms with Gasteiger partial charge in [-0.1, -0.05) is 6.92 Å². The van der Waals surface area contributed by atoms with E-state index in [0.29, 0.717) is 13.1 Å². The Kier molecular flexibility index (Phi) is 4.03.